The highest BCUT2D eigenvalue weighted by Gasteiger charge is 2.24. The summed E-state index contributed by atoms with van der Waals surface area (Å²) in [6.45, 7) is 3.28. The Morgan fingerprint density at radius 1 is 1.17 bits per heavy atom. The summed E-state index contributed by atoms with van der Waals surface area (Å²) < 4.78 is 36.9. The first kappa shape index (κ1) is 24.4. The van der Waals surface area contributed by atoms with Crippen LogP contribution in [0.15, 0.2) is 41.9 Å². The molecule has 0 spiro atoms. The molecule has 1 fully saturated rings. The van der Waals surface area contributed by atoms with Crippen molar-refractivity contribution < 1.29 is 13.5 Å². The lowest BCUT2D eigenvalue weighted by molar-refractivity contribution is 0.253. The van der Waals surface area contributed by atoms with Crippen molar-refractivity contribution in [1.29, 1.82) is 0 Å². The number of nitrogens with two attached hydrogens (primary N) is 3. The van der Waals surface area contributed by atoms with E-state index in [1.165, 1.54) is 25.0 Å². The Hall–Kier alpha value is -3.77. The van der Waals surface area contributed by atoms with Crippen LogP contribution < -0.4 is 27.2 Å². The smallest absolute Gasteiger partial charge is 0.202 e. The summed E-state index contributed by atoms with van der Waals surface area (Å²) in [7, 11) is 1.78. The zero-order valence-corrected chi connectivity index (χ0v) is 19.5. The summed E-state index contributed by atoms with van der Waals surface area (Å²) in [5.41, 5.74) is 7.42. The van der Waals surface area contributed by atoms with Crippen LogP contribution in [0.25, 0.3) is 11.1 Å². The topological polar surface area (TPSA) is 137 Å². The zero-order valence-electron chi connectivity index (χ0n) is 19.5. The molecule has 0 unspecified atom stereocenters. The van der Waals surface area contributed by atoms with Gasteiger partial charge in [-0.2, -0.15) is 14.6 Å². The van der Waals surface area contributed by atoms with Crippen LogP contribution in [-0.2, 0) is 7.05 Å². The molecule has 2 aromatic heterocycles. The molecule has 3 aromatic rings. The number of pyridine rings is 1. The summed E-state index contributed by atoms with van der Waals surface area (Å²) >= 11 is 0. The van der Waals surface area contributed by atoms with Crippen molar-refractivity contribution in [2.45, 2.75) is 19.3 Å². The molecule has 0 saturated carbocycles. The van der Waals surface area contributed by atoms with Crippen LogP contribution in [0.2, 0.25) is 0 Å². The third-order valence-electron chi connectivity index (χ3n) is 5.91. The minimum absolute atomic E-state index is 0.0659. The fourth-order valence-corrected chi connectivity index (χ4v) is 4.05. The third kappa shape index (κ3) is 5.33. The molecule has 6 N–H and O–H groups in total. The van der Waals surface area contributed by atoms with Crippen LogP contribution in [0.1, 0.15) is 24.8 Å². The Labute approximate surface area is 201 Å². The predicted molar refractivity (Wildman–Crippen MR) is 130 cm³/mol. The van der Waals surface area contributed by atoms with Gasteiger partial charge in [0.15, 0.2) is 17.4 Å². The maximum Gasteiger partial charge on any atom is 0.202 e. The second-order valence-corrected chi connectivity index (χ2v) is 8.34. The predicted octanol–water partition coefficient (Wildman–Crippen LogP) is 2.21. The highest BCUT2D eigenvalue weighted by atomic mass is 19.2. The van der Waals surface area contributed by atoms with E-state index in [4.69, 9.17) is 22.2 Å². The Morgan fingerprint density at radius 3 is 2.63 bits per heavy atom. The Balaban J connectivity index is 1.51. The lowest BCUT2D eigenvalue weighted by Gasteiger charge is -2.22. The van der Waals surface area contributed by atoms with E-state index < -0.39 is 11.6 Å². The molecule has 10 nitrogen and oxygen atoms in total. The lowest BCUT2D eigenvalue weighted by atomic mass is 10.1. The molecule has 35 heavy (non-hydrogen) atoms. The summed E-state index contributed by atoms with van der Waals surface area (Å²) in [6, 6.07) is 4.27. The number of amidine groups is 1. The third-order valence-corrected chi connectivity index (χ3v) is 5.91. The lowest BCUT2D eigenvalue weighted by Crippen LogP contribution is -2.40. The van der Waals surface area contributed by atoms with Gasteiger partial charge in [0.2, 0.25) is 5.82 Å². The summed E-state index contributed by atoms with van der Waals surface area (Å²) in [6.07, 6.45) is 8.10. The largest absolute Gasteiger partial charge is 0.490 e. The number of hydrazone groups is 1. The number of halogens is 2. The van der Waals surface area contributed by atoms with Crippen LogP contribution >= 0.6 is 0 Å². The molecular weight excluding hydrogens is 456 g/mol. The number of aromatic nitrogens is 3. The van der Waals surface area contributed by atoms with Crippen molar-refractivity contribution in [3.8, 4) is 16.9 Å². The molecule has 12 heteroatoms. The number of nitrogen functional groups attached to an aromatic ring is 1. The molecule has 1 aliphatic heterocycles. The fraction of sp³-hybridized carbons (Fsp3) is 0.348. The van der Waals surface area contributed by atoms with Crippen molar-refractivity contribution in [1.82, 2.24) is 19.7 Å². The molecule has 1 aromatic carbocycles. The SMILES string of the molecule is Cn1cc(-c2cnc(N)c(/C(=N/N)N(N)c3ccc(OCCCN4CCCC4)c(F)c3F)c2)cn1. The van der Waals surface area contributed by atoms with Crippen molar-refractivity contribution in [3.63, 3.8) is 0 Å². The quantitative estimate of drug-likeness (QED) is 0.145. The van der Waals surface area contributed by atoms with E-state index in [9.17, 15) is 8.78 Å². The van der Waals surface area contributed by atoms with Gasteiger partial charge >= 0.3 is 0 Å². The molecular formula is C23H29F2N9O. The van der Waals surface area contributed by atoms with Gasteiger partial charge in [-0.3, -0.25) is 9.69 Å². The zero-order chi connectivity index (χ0) is 24.9. The van der Waals surface area contributed by atoms with Gasteiger partial charge in [0.25, 0.3) is 0 Å². The van der Waals surface area contributed by atoms with Crippen LogP contribution in [-0.4, -0.2) is 51.7 Å². The van der Waals surface area contributed by atoms with Crippen LogP contribution in [0.4, 0.5) is 20.3 Å². The van der Waals surface area contributed by atoms with Crippen LogP contribution in [0, 0.1) is 11.6 Å². The van der Waals surface area contributed by atoms with Crippen molar-refractivity contribution in [2.24, 2.45) is 23.8 Å². The van der Waals surface area contributed by atoms with Gasteiger partial charge in [0, 0.05) is 37.1 Å². The number of hydrogen-bond acceptors (Lipinski definition) is 8. The number of rotatable bonds is 8. The molecule has 0 amide bonds. The number of nitrogens with zero attached hydrogens (tertiary/aromatic N) is 6. The van der Waals surface area contributed by atoms with E-state index in [-0.39, 0.29) is 35.3 Å². The maximum absolute atomic E-state index is 15.0. The van der Waals surface area contributed by atoms with Gasteiger partial charge < -0.3 is 21.2 Å². The van der Waals surface area contributed by atoms with E-state index in [0.717, 1.165) is 36.6 Å². The van der Waals surface area contributed by atoms with Gasteiger partial charge in [-0.1, -0.05) is 0 Å². The average molecular weight is 486 g/mol. The molecule has 1 aliphatic rings. The van der Waals surface area contributed by atoms with Crippen molar-refractivity contribution in [3.05, 3.63) is 54.0 Å². The molecule has 3 heterocycles. The summed E-state index contributed by atoms with van der Waals surface area (Å²) in [5.74, 6) is 9.14. The van der Waals surface area contributed by atoms with Gasteiger partial charge in [-0.15, -0.1) is 0 Å². The first-order valence-corrected chi connectivity index (χ1v) is 11.3. The van der Waals surface area contributed by atoms with Gasteiger partial charge in [-0.05, 0) is 50.6 Å². The molecule has 1 saturated heterocycles. The van der Waals surface area contributed by atoms with E-state index >= 15 is 0 Å². The maximum atomic E-state index is 15.0. The number of ether oxygens (including phenoxy) is 1. The number of hydrogen-bond donors (Lipinski definition) is 3. The first-order valence-electron chi connectivity index (χ1n) is 11.3. The monoisotopic (exact) mass is 485 g/mol. The Bertz CT molecular complexity index is 1210. The molecule has 0 bridgehead atoms. The normalized spacial score (nSPS) is 14.5. The number of anilines is 2. The second-order valence-electron chi connectivity index (χ2n) is 8.34. The van der Waals surface area contributed by atoms with E-state index in [2.05, 4.69) is 20.1 Å². The Kier molecular flexibility index (Phi) is 7.42. The van der Waals surface area contributed by atoms with Gasteiger partial charge in [-0.25, -0.2) is 15.2 Å². The number of aryl methyl sites for hydroxylation is 1. The van der Waals surface area contributed by atoms with Gasteiger partial charge in [0.05, 0.1) is 24.1 Å². The first-order chi connectivity index (χ1) is 16.9. The average Bonchev–Trinajstić information content (AvgIpc) is 3.53. The standard InChI is InChI=1S/C23H29F2N9O/c1-32-14-16(13-30-32)15-11-17(22(26)29-12-15)23(31-27)34(28)18-5-6-19(21(25)20(18)24)35-10-4-9-33-7-2-3-8-33/h5-6,11-14H,2-4,7-10,27-28H2,1H3,(H2,26,29)/b31-23-. The molecule has 0 aliphatic carbocycles. The fourth-order valence-electron chi connectivity index (χ4n) is 4.05. The molecule has 186 valence electrons. The van der Waals surface area contributed by atoms with Crippen LogP contribution in [0.3, 0.4) is 0 Å². The molecule has 0 atom stereocenters. The van der Waals surface area contributed by atoms with Gasteiger partial charge in [0.1, 0.15) is 5.82 Å². The van der Waals surface area contributed by atoms with Crippen LogP contribution in [0.5, 0.6) is 5.75 Å². The number of likely N-dealkylation sites (tertiary alicyclic amines) is 1. The highest BCUT2D eigenvalue weighted by Crippen LogP contribution is 2.30. The highest BCUT2D eigenvalue weighted by molar-refractivity contribution is 6.12. The summed E-state index contributed by atoms with van der Waals surface area (Å²) in [5, 5.41) is 8.64. The Morgan fingerprint density at radius 2 is 1.94 bits per heavy atom. The van der Waals surface area contributed by atoms with E-state index in [1.54, 1.807) is 36.4 Å². The van der Waals surface area contributed by atoms with E-state index in [0.29, 0.717) is 5.56 Å². The molecule has 4 rings (SSSR count). The van der Waals surface area contributed by atoms with Crippen molar-refractivity contribution >= 4 is 17.3 Å². The minimum atomic E-state index is -1.19. The van der Waals surface area contributed by atoms with E-state index in [1.807, 2.05) is 0 Å². The molecule has 0 radical (unpaired) electrons. The van der Waals surface area contributed by atoms with Crippen molar-refractivity contribution in [2.75, 3.05) is 37.0 Å². The number of hydrazine groups is 1. The minimum Gasteiger partial charge on any atom is -0.490 e. The second kappa shape index (κ2) is 10.7. The summed E-state index contributed by atoms with van der Waals surface area (Å²) in [4.78, 5) is 6.49. The number of benzene rings is 1.